The SMILES string of the molecule is COC(=O)c1cc(N)c(O[Si](C)(C)C(C)(C)C)c(C(=O)OC)c1. The Morgan fingerprint density at radius 3 is 2.00 bits per heavy atom. The van der Waals surface area contributed by atoms with E-state index in [1.807, 2.05) is 13.1 Å². The van der Waals surface area contributed by atoms with Crippen LogP contribution in [0.1, 0.15) is 41.5 Å². The maximum Gasteiger partial charge on any atom is 0.341 e. The summed E-state index contributed by atoms with van der Waals surface area (Å²) in [6.45, 7) is 10.3. The molecule has 0 aromatic heterocycles. The molecule has 0 atom stereocenters. The number of rotatable bonds is 4. The Morgan fingerprint density at radius 1 is 1.04 bits per heavy atom. The molecule has 0 aliphatic heterocycles. The summed E-state index contributed by atoms with van der Waals surface area (Å²) in [5, 5.41) is -0.0755. The third-order valence-electron chi connectivity index (χ3n) is 4.11. The van der Waals surface area contributed by atoms with Gasteiger partial charge in [-0.15, -0.1) is 0 Å². The molecule has 0 aliphatic rings. The zero-order valence-electron chi connectivity index (χ0n) is 14.8. The van der Waals surface area contributed by atoms with Crippen LogP contribution in [0.5, 0.6) is 5.75 Å². The van der Waals surface area contributed by atoms with Gasteiger partial charge in [-0.05, 0) is 30.3 Å². The molecule has 23 heavy (non-hydrogen) atoms. The number of carbonyl (C=O) groups is 2. The van der Waals surface area contributed by atoms with E-state index in [1.54, 1.807) is 0 Å². The molecular formula is C16H25NO5Si. The molecule has 0 amide bonds. The van der Waals surface area contributed by atoms with Crippen LogP contribution in [-0.2, 0) is 9.47 Å². The van der Waals surface area contributed by atoms with Gasteiger partial charge in [0.25, 0.3) is 8.32 Å². The van der Waals surface area contributed by atoms with E-state index >= 15 is 0 Å². The van der Waals surface area contributed by atoms with E-state index in [0.717, 1.165) is 0 Å². The second-order valence-electron chi connectivity index (χ2n) is 6.79. The number of carbonyl (C=O) groups excluding carboxylic acids is 2. The number of esters is 2. The highest BCUT2D eigenvalue weighted by Gasteiger charge is 2.40. The normalized spacial score (nSPS) is 11.8. The van der Waals surface area contributed by atoms with E-state index in [1.165, 1.54) is 26.4 Å². The van der Waals surface area contributed by atoms with Crippen LogP contribution in [-0.4, -0.2) is 34.5 Å². The van der Waals surface area contributed by atoms with Crippen molar-refractivity contribution >= 4 is 25.9 Å². The predicted octanol–water partition coefficient (Wildman–Crippen LogP) is 3.23. The standard InChI is InChI=1S/C16H25NO5Si/c1-16(2,3)23(6,7)22-13-11(15(19)21-5)8-10(9-12(13)17)14(18)20-4/h8-9H,17H2,1-7H3. The minimum absolute atomic E-state index is 0.0755. The molecule has 128 valence electrons. The van der Waals surface area contributed by atoms with Crippen molar-refractivity contribution in [3.05, 3.63) is 23.3 Å². The molecule has 0 aliphatic carbocycles. The number of nitrogens with two attached hydrogens (primary N) is 1. The van der Waals surface area contributed by atoms with Gasteiger partial charge in [0.2, 0.25) is 0 Å². The van der Waals surface area contributed by atoms with Crippen molar-refractivity contribution in [3.8, 4) is 5.75 Å². The number of benzene rings is 1. The fraction of sp³-hybridized carbons (Fsp3) is 0.500. The summed E-state index contributed by atoms with van der Waals surface area (Å²) in [6.07, 6.45) is 0. The molecule has 1 aromatic rings. The van der Waals surface area contributed by atoms with Crippen molar-refractivity contribution in [2.45, 2.75) is 38.9 Å². The smallest absolute Gasteiger partial charge is 0.341 e. The van der Waals surface area contributed by atoms with Crippen LogP contribution in [0.4, 0.5) is 5.69 Å². The molecule has 0 radical (unpaired) electrons. The lowest BCUT2D eigenvalue weighted by molar-refractivity contribution is 0.0597. The van der Waals surface area contributed by atoms with Gasteiger partial charge >= 0.3 is 11.9 Å². The number of anilines is 1. The van der Waals surface area contributed by atoms with E-state index in [0.29, 0.717) is 0 Å². The molecule has 1 rings (SSSR count). The van der Waals surface area contributed by atoms with E-state index < -0.39 is 20.3 Å². The summed E-state index contributed by atoms with van der Waals surface area (Å²) in [7, 11) is 0.300. The Labute approximate surface area is 138 Å². The lowest BCUT2D eigenvalue weighted by Gasteiger charge is -2.37. The highest BCUT2D eigenvalue weighted by molar-refractivity contribution is 6.74. The van der Waals surface area contributed by atoms with Crippen molar-refractivity contribution in [1.29, 1.82) is 0 Å². The Kier molecular flexibility index (Phi) is 5.47. The van der Waals surface area contributed by atoms with Crippen LogP contribution in [0.3, 0.4) is 0 Å². The fourth-order valence-corrected chi connectivity index (χ4v) is 2.72. The number of methoxy groups -OCH3 is 2. The van der Waals surface area contributed by atoms with E-state index in [9.17, 15) is 9.59 Å². The van der Waals surface area contributed by atoms with E-state index in [2.05, 4.69) is 25.5 Å². The molecule has 6 nitrogen and oxygen atoms in total. The first-order valence-corrected chi connectivity index (χ1v) is 10.1. The quantitative estimate of drug-likeness (QED) is 0.515. The molecule has 0 heterocycles. The molecule has 7 heteroatoms. The lowest BCUT2D eigenvalue weighted by Crippen LogP contribution is -2.44. The monoisotopic (exact) mass is 339 g/mol. The van der Waals surface area contributed by atoms with Gasteiger partial charge in [-0.3, -0.25) is 0 Å². The number of ether oxygens (including phenoxy) is 2. The van der Waals surface area contributed by atoms with Crippen LogP contribution >= 0.6 is 0 Å². The highest BCUT2D eigenvalue weighted by Crippen LogP contribution is 2.40. The Morgan fingerprint density at radius 2 is 1.57 bits per heavy atom. The molecular weight excluding hydrogens is 314 g/mol. The first kappa shape index (κ1) is 19.0. The molecule has 0 bridgehead atoms. The maximum absolute atomic E-state index is 12.1. The van der Waals surface area contributed by atoms with E-state index in [-0.39, 0.29) is 27.6 Å². The van der Waals surface area contributed by atoms with Crippen molar-refractivity contribution in [2.24, 2.45) is 0 Å². The first-order chi connectivity index (χ1) is 10.4. The number of hydrogen-bond acceptors (Lipinski definition) is 6. The fourth-order valence-electron chi connectivity index (χ4n) is 1.67. The molecule has 0 fully saturated rings. The Hall–Kier alpha value is -2.02. The van der Waals surface area contributed by atoms with E-state index in [4.69, 9.17) is 14.9 Å². The summed E-state index contributed by atoms with van der Waals surface area (Å²) in [5.74, 6) is -0.937. The van der Waals surface area contributed by atoms with Gasteiger partial charge in [0.15, 0.2) is 0 Å². The highest BCUT2D eigenvalue weighted by atomic mass is 28.4. The van der Waals surface area contributed by atoms with Crippen LogP contribution in [0.25, 0.3) is 0 Å². The van der Waals surface area contributed by atoms with Gasteiger partial charge in [0.1, 0.15) is 11.3 Å². The Bertz CT molecular complexity index is 620. The number of nitrogen functional groups attached to an aromatic ring is 1. The minimum Gasteiger partial charge on any atom is -0.542 e. The lowest BCUT2D eigenvalue weighted by atomic mass is 10.1. The van der Waals surface area contributed by atoms with Crippen molar-refractivity contribution in [1.82, 2.24) is 0 Å². The van der Waals surface area contributed by atoms with Crippen LogP contribution in [0, 0.1) is 0 Å². The maximum atomic E-state index is 12.1. The molecule has 0 saturated heterocycles. The van der Waals surface area contributed by atoms with Gasteiger partial charge in [-0.1, -0.05) is 20.8 Å². The molecule has 0 saturated carbocycles. The van der Waals surface area contributed by atoms with Crippen LogP contribution in [0.2, 0.25) is 18.1 Å². The predicted molar refractivity (Wildman–Crippen MR) is 91.4 cm³/mol. The van der Waals surface area contributed by atoms with Crippen molar-refractivity contribution in [3.63, 3.8) is 0 Å². The zero-order chi connectivity index (χ0) is 18.0. The Balaban J connectivity index is 3.47. The number of hydrogen-bond donors (Lipinski definition) is 1. The van der Waals surface area contributed by atoms with Crippen molar-refractivity contribution < 1.29 is 23.5 Å². The molecule has 2 N–H and O–H groups in total. The van der Waals surface area contributed by atoms with Crippen LogP contribution in [0.15, 0.2) is 12.1 Å². The minimum atomic E-state index is -2.22. The van der Waals surface area contributed by atoms with Gasteiger partial charge in [0, 0.05) is 0 Å². The van der Waals surface area contributed by atoms with Gasteiger partial charge in [-0.25, -0.2) is 9.59 Å². The second-order valence-corrected chi connectivity index (χ2v) is 11.5. The average molecular weight is 339 g/mol. The summed E-state index contributed by atoms with van der Waals surface area (Å²) in [4.78, 5) is 23.8. The molecule has 0 unspecified atom stereocenters. The van der Waals surface area contributed by atoms with Gasteiger partial charge in [-0.2, -0.15) is 0 Å². The van der Waals surface area contributed by atoms with Crippen LogP contribution < -0.4 is 10.2 Å². The van der Waals surface area contributed by atoms with Gasteiger partial charge in [0.05, 0.1) is 25.5 Å². The first-order valence-electron chi connectivity index (χ1n) is 7.23. The summed E-state index contributed by atoms with van der Waals surface area (Å²) < 4.78 is 15.6. The third kappa shape index (κ3) is 4.04. The summed E-state index contributed by atoms with van der Waals surface area (Å²) in [6, 6.07) is 2.83. The third-order valence-corrected chi connectivity index (χ3v) is 8.43. The molecule has 0 spiro atoms. The zero-order valence-corrected chi connectivity index (χ0v) is 15.8. The molecule has 1 aromatic carbocycles. The largest absolute Gasteiger partial charge is 0.542 e. The summed E-state index contributed by atoms with van der Waals surface area (Å²) >= 11 is 0. The summed E-state index contributed by atoms with van der Waals surface area (Å²) in [5.41, 5.74) is 6.54. The van der Waals surface area contributed by atoms with Crippen molar-refractivity contribution in [2.75, 3.05) is 20.0 Å². The van der Waals surface area contributed by atoms with Gasteiger partial charge < -0.3 is 19.6 Å². The average Bonchev–Trinajstić information content (AvgIpc) is 2.45. The second kappa shape index (κ2) is 6.62. The topological polar surface area (TPSA) is 87.9 Å².